The molecule has 98 valence electrons. The Morgan fingerprint density at radius 2 is 2.22 bits per heavy atom. The van der Waals surface area contributed by atoms with Gasteiger partial charge in [-0.15, -0.1) is 0 Å². The van der Waals surface area contributed by atoms with Crippen molar-refractivity contribution in [2.45, 2.75) is 39.0 Å². The van der Waals surface area contributed by atoms with Crippen molar-refractivity contribution in [3.8, 4) is 0 Å². The minimum atomic E-state index is 0.647. The zero-order chi connectivity index (χ0) is 12.4. The largest absolute Gasteiger partial charge is 0.372 e. The maximum Gasteiger partial charge on any atom is 0.0725 e. The van der Waals surface area contributed by atoms with E-state index in [9.17, 15) is 0 Å². The van der Waals surface area contributed by atoms with Crippen molar-refractivity contribution in [2.24, 2.45) is 0 Å². The molecular formula is C15H22N2O. The van der Waals surface area contributed by atoms with Crippen molar-refractivity contribution in [1.82, 2.24) is 5.32 Å². The van der Waals surface area contributed by atoms with E-state index in [4.69, 9.17) is 4.74 Å². The molecule has 2 aliphatic heterocycles. The molecule has 18 heavy (non-hydrogen) atoms. The first-order valence-electron chi connectivity index (χ1n) is 7.04. The van der Waals surface area contributed by atoms with E-state index in [0.717, 1.165) is 32.8 Å². The number of rotatable bonds is 3. The van der Waals surface area contributed by atoms with E-state index in [0.29, 0.717) is 6.04 Å². The second kappa shape index (κ2) is 5.29. The second-order valence-electron chi connectivity index (χ2n) is 5.33. The maximum absolute atomic E-state index is 5.49. The van der Waals surface area contributed by atoms with Gasteiger partial charge in [-0.3, -0.25) is 0 Å². The molecule has 1 N–H and O–H groups in total. The highest BCUT2D eigenvalue weighted by atomic mass is 16.5. The number of hydrogen-bond donors (Lipinski definition) is 1. The summed E-state index contributed by atoms with van der Waals surface area (Å²) >= 11 is 0. The van der Waals surface area contributed by atoms with Gasteiger partial charge in [0.1, 0.15) is 0 Å². The van der Waals surface area contributed by atoms with Crippen molar-refractivity contribution < 1.29 is 4.74 Å². The molecule has 2 heterocycles. The molecule has 0 saturated carbocycles. The lowest BCUT2D eigenvalue weighted by Gasteiger charge is -2.35. The highest BCUT2D eigenvalue weighted by molar-refractivity contribution is 5.52. The van der Waals surface area contributed by atoms with Crippen molar-refractivity contribution in [3.63, 3.8) is 0 Å². The van der Waals surface area contributed by atoms with Gasteiger partial charge in [-0.1, -0.05) is 19.4 Å². The number of piperazine rings is 1. The lowest BCUT2D eigenvalue weighted by Crippen LogP contribution is -2.50. The van der Waals surface area contributed by atoms with Crippen LogP contribution in [0.15, 0.2) is 18.2 Å². The molecule has 1 atom stereocenters. The van der Waals surface area contributed by atoms with Crippen LogP contribution in [0.1, 0.15) is 30.9 Å². The molecule has 0 bridgehead atoms. The van der Waals surface area contributed by atoms with Crippen LogP contribution in [0.2, 0.25) is 0 Å². The van der Waals surface area contributed by atoms with E-state index in [-0.39, 0.29) is 0 Å². The SMILES string of the molecule is CCCC1CN(c2ccc3c(c2)COC3)CCN1. The molecule has 3 nitrogen and oxygen atoms in total. The summed E-state index contributed by atoms with van der Waals surface area (Å²) in [5.74, 6) is 0. The molecule has 1 saturated heterocycles. The Bertz CT molecular complexity index is 417. The number of hydrogen-bond acceptors (Lipinski definition) is 3. The van der Waals surface area contributed by atoms with Gasteiger partial charge in [0.2, 0.25) is 0 Å². The van der Waals surface area contributed by atoms with Gasteiger partial charge in [-0.2, -0.15) is 0 Å². The highest BCUT2D eigenvalue weighted by Crippen LogP contribution is 2.26. The minimum Gasteiger partial charge on any atom is -0.372 e. The van der Waals surface area contributed by atoms with E-state index in [2.05, 4.69) is 35.3 Å². The fourth-order valence-corrected chi connectivity index (χ4v) is 2.96. The Labute approximate surface area is 109 Å². The van der Waals surface area contributed by atoms with Crippen LogP contribution in [0.3, 0.4) is 0 Å². The van der Waals surface area contributed by atoms with Gasteiger partial charge >= 0.3 is 0 Å². The van der Waals surface area contributed by atoms with Gasteiger partial charge in [-0.05, 0) is 29.7 Å². The molecule has 1 aromatic carbocycles. The normalized spacial score (nSPS) is 23.2. The van der Waals surface area contributed by atoms with Crippen LogP contribution in [0.5, 0.6) is 0 Å². The van der Waals surface area contributed by atoms with E-state index in [1.807, 2.05) is 0 Å². The quantitative estimate of drug-likeness (QED) is 0.885. The Hall–Kier alpha value is -1.06. The average molecular weight is 246 g/mol. The molecule has 1 fully saturated rings. The van der Waals surface area contributed by atoms with Gasteiger partial charge in [-0.25, -0.2) is 0 Å². The smallest absolute Gasteiger partial charge is 0.0725 e. The van der Waals surface area contributed by atoms with E-state index in [1.54, 1.807) is 0 Å². The summed E-state index contributed by atoms with van der Waals surface area (Å²) in [7, 11) is 0. The zero-order valence-corrected chi connectivity index (χ0v) is 11.1. The molecule has 3 heteroatoms. The molecule has 1 aromatic rings. The van der Waals surface area contributed by atoms with Crippen molar-refractivity contribution in [3.05, 3.63) is 29.3 Å². The van der Waals surface area contributed by atoms with Crippen LogP contribution in [0.25, 0.3) is 0 Å². The molecule has 0 aromatic heterocycles. The molecule has 1 unspecified atom stereocenters. The second-order valence-corrected chi connectivity index (χ2v) is 5.33. The number of nitrogens with zero attached hydrogens (tertiary/aromatic N) is 1. The summed E-state index contributed by atoms with van der Waals surface area (Å²) in [4.78, 5) is 2.51. The van der Waals surface area contributed by atoms with Gasteiger partial charge in [0.15, 0.2) is 0 Å². The summed E-state index contributed by atoms with van der Waals surface area (Å²) in [6, 6.07) is 7.45. The van der Waals surface area contributed by atoms with Crippen molar-refractivity contribution >= 4 is 5.69 Å². The van der Waals surface area contributed by atoms with Crippen LogP contribution in [-0.2, 0) is 18.0 Å². The number of benzene rings is 1. The summed E-state index contributed by atoms with van der Waals surface area (Å²) in [6.45, 7) is 7.17. The minimum absolute atomic E-state index is 0.647. The lowest BCUT2D eigenvalue weighted by atomic mass is 10.1. The Kier molecular flexibility index (Phi) is 3.52. The third kappa shape index (κ3) is 2.38. The van der Waals surface area contributed by atoms with Crippen LogP contribution < -0.4 is 10.2 Å². The summed E-state index contributed by atoms with van der Waals surface area (Å²) in [6.07, 6.45) is 2.52. The van der Waals surface area contributed by atoms with Crippen LogP contribution >= 0.6 is 0 Å². The van der Waals surface area contributed by atoms with Gasteiger partial charge in [0.05, 0.1) is 13.2 Å². The van der Waals surface area contributed by atoms with Crippen LogP contribution in [0, 0.1) is 0 Å². The van der Waals surface area contributed by atoms with Gasteiger partial charge in [0.25, 0.3) is 0 Å². The molecule has 3 rings (SSSR count). The standard InChI is InChI=1S/C15H22N2O/c1-2-3-14-9-17(7-6-16-14)15-5-4-12-10-18-11-13(12)8-15/h4-5,8,14,16H,2-3,6-7,9-11H2,1H3. The fraction of sp³-hybridized carbons (Fsp3) is 0.600. The van der Waals surface area contributed by atoms with Gasteiger partial charge < -0.3 is 15.0 Å². The molecule has 0 spiro atoms. The molecule has 2 aliphatic rings. The molecule has 0 aliphatic carbocycles. The molecular weight excluding hydrogens is 224 g/mol. The third-order valence-corrected chi connectivity index (χ3v) is 3.96. The lowest BCUT2D eigenvalue weighted by molar-refractivity contribution is 0.134. The molecule has 0 amide bonds. The average Bonchev–Trinajstić information content (AvgIpc) is 2.86. The molecule has 0 radical (unpaired) electrons. The first-order valence-corrected chi connectivity index (χ1v) is 7.04. The fourth-order valence-electron chi connectivity index (χ4n) is 2.96. The highest BCUT2D eigenvalue weighted by Gasteiger charge is 2.20. The summed E-state index contributed by atoms with van der Waals surface area (Å²) < 4.78 is 5.49. The van der Waals surface area contributed by atoms with E-state index < -0.39 is 0 Å². The van der Waals surface area contributed by atoms with Crippen molar-refractivity contribution in [2.75, 3.05) is 24.5 Å². The third-order valence-electron chi connectivity index (χ3n) is 3.96. The first-order chi connectivity index (χ1) is 8.86. The Morgan fingerprint density at radius 3 is 3.11 bits per heavy atom. The van der Waals surface area contributed by atoms with Crippen molar-refractivity contribution in [1.29, 1.82) is 0 Å². The number of ether oxygens (including phenoxy) is 1. The Morgan fingerprint density at radius 1 is 1.33 bits per heavy atom. The number of anilines is 1. The predicted molar refractivity (Wildman–Crippen MR) is 73.8 cm³/mol. The maximum atomic E-state index is 5.49. The summed E-state index contributed by atoms with van der Waals surface area (Å²) in [5.41, 5.74) is 4.10. The van der Waals surface area contributed by atoms with Crippen LogP contribution in [-0.4, -0.2) is 25.7 Å². The monoisotopic (exact) mass is 246 g/mol. The van der Waals surface area contributed by atoms with Crippen LogP contribution in [0.4, 0.5) is 5.69 Å². The first kappa shape index (κ1) is 12.0. The zero-order valence-electron chi connectivity index (χ0n) is 11.1. The summed E-state index contributed by atoms with van der Waals surface area (Å²) in [5, 5.41) is 3.61. The Balaban J connectivity index is 1.73. The number of nitrogens with one attached hydrogen (secondary N) is 1. The van der Waals surface area contributed by atoms with E-state index >= 15 is 0 Å². The predicted octanol–water partition coefficient (Wildman–Crippen LogP) is 2.30. The number of fused-ring (bicyclic) bond motifs is 1. The van der Waals surface area contributed by atoms with Gasteiger partial charge in [0, 0.05) is 31.4 Å². The topological polar surface area (TPSA) is 24.5 Å². The van der Waals surface area contributed by atoms with E-state index in [1.165, 1.54) is 29.7 Å².